The summed E-state index contributed by atoms with van der Waals surface area (Å²) >= 11 is 0. The first-order valence-corrected chi connectivity index (χ1v) is 24.3. The second kappa shape index (κ2) is 19.1. The molecule has 1 nitrogen and oxygen atoms in total. The van der Waals surface area contributed by atoms with E-state index in [1.165, 1.54) is 88.7 Å². The highest BCUT2D eigenvalue weighted by Crippen LogP contribution is 2.55. The van der Waals surface area contributed by atoms with Gasteiger partial charge < -0.3 is 4.74 Å². The van der Waals surface area contributed by atoms with Gasteiger partial charge in [0.05, 0.1) is 0 Å². The molecule has 7 aromatic rings. The van der Waals surface area contributed by atoms with E-state index in [9.17, 15) is 0 Å². The van der Waals surface area contributed by atoms with Gasteiger partial charge in [-0.1, -0.05) is 210 Å². The molecule has 9 rings (SSSR count). The predicted octanol–water partition coefficient (Wildman–Crippen LogP) is 18.2. The third-order valence-corrected chi connectivity index (χ3v) is 14.8. The van der Waals surface area contributed by atoms with Gasteiger partial charge in [-0.25, -0.2) is 0 Å². The third kappa shape index (κ3) is 8.88. The molecule has 2 aliphatic rings. The molecule has 0 heterocycles. The highest BCUT2D eigenvalue weighted by Gasteiger charge is 2.44. The lowest BCUT2D eigenvalue weighted by Crippen LogP contribution is -2.33. The van der Waals surface area contributed by atoms with Crippen molar-refractivity contribution in [2.24, 2.45) is 5.92 Å². The summed E-state index contributed by atoms with van der Waals surface area (Å²) in [7, 11) is 0. The van der Waals surface area contributed by atoms with Crippen molar-refractivity contribution < 1.29 is 4.74 Å². The maximum absolute atomic E-state index is 7.46. The summed E-state index contributed by atoms with van der Waals surface area (Å²) in [4.78, 5) is 0. The van der Waals surface area contributed by atoms with Crippen LogP contribution in [0.5, 0.6) is 0 Å². The van der Waals surface area contributed by atoms with Crippen molar-refractivity contribution in [2.75, 3.05) is 0 Å². The van der Waals surface area contributed by atoms with Gasteiger partial charge in [0.15, 0.2) is 0 Å². The molecule has 67 heavy (non-hydrogen) atoms. The minimum atomic E-state index is -0.676. The average molecular weight is 873 g/mol. The minimum absolute atomic E-state index is 0.0169. The van der Waals surface area contributed by atoms with Gasteiger partial charge in [-0.05, 0) is 159 Å². The van der Waals surface area contributed by atoms with Crippen LogP contribution in [0.2, 0.25) is 0 Å². The first-order valence-electron chi connectivity index (χ1n) is 24.3. The fraction of sp³-hybridized carbons (Fsp3) is 0.212. The number of ether oxygens (including phenoxy) is 1. The molecule has 0 spiro atoms. The molecule has 0 aromatic heterocycles. The van der Waals surface area contributed by atoms with Gasteiger partial charge in [0.25, 0.3) is 0 Å². The van der Waals surface area contributed by atoms with Crippen LogP contribution in [-0.2, 0) is 22.2 Å². The van der Waals surface area contributed by atoms with Crippen molar-refractivity contribution in [3.05, 3.63) is 251 Å². The zero-order valence-electron chi connectivity index (χ0n) is 40.6. The van der Waals surface area contributed by atoms with E-state index in [4.69, 9.17) is 4.74 Å². The van der Waals surface area contributed by atoms with Crippen LogP contribution in [0, 0.1) is 5.92 Å². The fourth-order valence-electron chi connectivity index (χ4n) is 10.5. The van der Waals surface area contributed by atoms with E-state index in [2.05, 4.69) is 262 Å². The lowest BCUT2D eigenvalue weighted by atomic mass is 9.78. The topological polar surface area (TPSA) is 9.23 Å². The molecule has 0 saturated heterocycles. The molecule has 7 aromatic carbocycles. The standard InChI is InChI=1S/C66H64O/c1-9-12-19-45(4)62-42-54(33-28-48(62)11-3)55-36-40-60-61-41-39-57(44-64(61)65(6,7)63(60)43-55)67-66(8,56-37-34-53(35-38-56)59-25-18-23-52-22-16-17-24-58(52)59)46(5)26-27-47(10-2)50-29-31-51(32-30-50)49-20-14-13-15-21-49/h9-10,12-40,42-44,46,61H,11,41H2,1-8H3/b12-9-,27-26-,45-19+,47-10+. The second-order valence-electron chi connectivity index (χ2n) is 19.2. The van der Waals surface area contributed by atoms with Crippen molar-refractivity contribution in [3.8, 4) is 33.4 Å². The van der Waals surface area contributed by atoms with Crippen molar-refractivity contribution in [3.63, 3.8) is 0 Å². The van der Waals surface area contributed by atoms with Gasteiger partial charge in [0.2, 0.25) is 0 Å². The van der Waals surface area contributed by atoms with E-state index in [0.29, 0.717) is 5.92 Å². The Morgan fingerprint density at radius 1 is 0.746 bits per heavy atom. The number of allylic oxidation sites excluding steroid dienone is 10. The summed E-state index contributed by atoms with van der Waals surface area (Å²) < 4.78 is 7.46. The molecule has 0 aliphatic heterocycles. The Balaban J connectivity index is 1.04. The van der Waals surface area contributed by atoms with Gasteiger partial charge in [-0.2, -0.15) is 0 Å². The van der Waals surface area contributed by atoms with Gasteiger partial charge in [0, 0.05) is 17.3 Å². The molecule has 3 atom stereocenters. The lowest BCUT2D eigenvalue weighted by Gasteiger charge is -2.38. The van der Waals surface area contributed by atoms with Crippen molar-refractivity contribution >= 4 is 21.9 Å². The molecule has 3 unspecified atom stereocenters. The number of hydrogen-bond acceptors (Lipinski definition) is 1. The Kier molecular flexibility index (Phi) is 12.9. The minimum Gasteiger partial charge on any atom is -0.483 e. The first-order chi connectivity index (χ1) is 32.5. The monoisotopic (exact) mass is 872 g/mol. The van der Waals surface area contributed by atoms with Gasteiger partial charge in [-0.15, -0.1) is 0 Å². The van der Waals surface area contributed by atoms with Crippen molar-refractivity contribution in [1.29, 1.82) is 0 Å². The third-order valence-electron chi connectivity index (χ3n) is 14.8. The Morgan fingerprint density at radius 2 is 1.42 bits per heavy atom. The second-order valence-corrected chi connectivity index (χ2v) is 19.2. The molecule has 2 aliphatic carbocycles. The lowest BCUT2D eigenvalue weighted by molar-refractivity contribution is -0.0120. The molecular formula is C66H64O. The van der Waals surface area contributed by atoms with E-state index in [1.54, 1.807) is 0 Å². The number of aryl methyl sites for hydroxylation is 1. The van der Waals surface area contributed by atoms with Gasteiger partial charge in [0.1, 0.15) is 11.4 Å². The van der Waals surface area contributed by atoms with Crippen LogP contribution in [-0.4, -0.2) is 0 Å². The zero-order valence-corrected chi connectivity index (χ0v) is 40.6. The van der Waals surface area contributed by atoms with E-state index in [0.717, 1.165) is 24.2 Å². The Morgan fingerprint density at radius 3 is 2.16 bits per heavy atom. The molecule has 0 radical (unpaired) electrons. The maximum atomic E-state index is 7.46. The van der Waals surface area contributed by atoms with E-state index in [-0.39, 0.29) is 11.3 Å². The summed E-state index contributed by atoms with van der Waals surface area (Å²) in [5.74, 6) is 1.28. The summed E-state index contributed by atoms with van der Waals surface area (Å²) in [6, 6.07) is 58.1. The Bertz CT molecular complexity index is 3100. The quantitative estimate of drug-likeness (QED) is 0.105. The summed E-state index contributed by atoms with van der Waals surface area (Å²) in [5, 5.41) is 2.51. The molecule has 0 amide bonds. The van der Waals surface area contributed by atoms with Crippen LogP contribution >= 0.6 is 0 Å². The van der Waals surface area contributed by atoms with E-state index < -0.39 is 5.60 Å². The SMILES string of the molecule is C/C=C\C=C(/C)c1cc(-c2ccc3c(c2)C(C)(C)C2=CC(OC(C)(c4ccc(-c5cccc6ccccc56)cc4)C(C)/C=C\C(=C/C)c4ccc(-c5ccccc5)cc4)=CCC23)ccc1CC. The summed E-state index contributed by atoms with van der Waals surface area (Å²) in [5.41, 5.74) is 18.4. The van der Waals surface area contributed by atoms with Crippen molar-refractivity contribution in [2.45, 2.75) is 85.2 Å². The normalized spacial score (nSPS) is 17.2. The highest BCUT2D eigenvalue weighted by atomic mass is 16.5. The van der Waals surface area contributed by atoms with E-state index in [1.807, 2.05) is 0 Å². The summed E-state index contributed by atoms with van der Waals surface area (Å²) in [6.07, 6.45) is 19.9. The molecule has 1 heteroatoms. The zero-order chi connectivity index (χ0) is 46.7. The van der Waals surface area contributed by atoms with Crippen LogP contribution < -0.4 is 0 Å². The van der Waals surface area contributed by atoms with E-state index >= 15 is 0 Å². The molecule has 0 fully saturated rings. The van der Waals surface area contributed by atoms with Crippen LogP contribution in [0.1, 0.15) is 101 Å². The number of fused-ring (bicyclic) bond motifs is 4. The van der Waals surface area contributed by atoms with Crippen molar-refractivity contribution in [1.82, 2.24) is 0 Å². The Labute approximate surface area is 400 Å². The first kappa shape index (κ1) is 45.2. The Hall–Kier alpha value is -6.96. The predicted molar refractivity (Wildman–Crippen MR) is 288 cm³/mol. The van der Waals surface area contributed by atoms with Crippen LogP contribution in [0.4, 0.5) is 0 Å². The van der Waals surface area contributed by atoms with Crippen LogP contribution in [0.25, 0.3) is 55.3 Å². The summed E-state index contributed by atoms with van der Waals surface area (Å²) in [6.45, 7) is 18.1. The maximum Gasteiger partial charge on any atom is 0.137 e. The average Bonchev–Trinajstić information content (AvgIpc) is 3.59. The van der Waals surface area contributed by atoms with Crippen LogP contribution in [0.3, 0.4) is 0 Å². The highest BCUT2D eigenvalue weighted by molar-refractivity contribution is 5.96. The molecule has 0 saturated carbocycles. The van der Waals surface area contributed by atoms with Gasteiger partial charge in [-0.3, -0.25) is 0 Å². The molecule has 334 valence electrons. The molecule has 0 bridgehead atoms. The van der Waals surface area contributed by atoms with Crippen LogP contribution in [0.15, 0.2) is 218 Å². The fourth-order valence-corrected chi connectivity index (χ4v) is 10.5. The smallest absolute Gasteiger partial charge is 0.137 e. The molecule has 0 N–H and O–H groups in total. The molecular weight excluding hydrogens is 809 g/mol. The number of benzene rings is 7. The number of rotatable bonds is 13. The largest absolute Gasteiger partial charge is 0.483 e. The number of hydrogen-bond donors (Lipinski definition) is 0. The van der Waals surface area contributed by atoms with Gasteiger partial charge >= 0.3 is 0 Å².